The average Bonchev–Trinajstić information content (AvgIpc) is 2.40. The third-order valence-electron chi connectivity index (χ3n) is 3.51. The molecule has 0 amide bonds. The molecular weight excluding hydrogens is 328 g/mol. The van der Waals surface area contributed by atoms with Crippen LogP contribution in [0.1, 0.15) is 19.3 Å². The van der Waals surface area contributed by atoms with E-state index in [-0.39, 0.29) is 0 Å². The SMILES string of the molecule is NCCC1CCCN(S(=O)(=O)c2ccc(Br)cc2)C1. The van der Waals surface area contributed by atoms with Crippen molar-refractivity contribution in [2.45, 2.75) is 24.2 Å². The van der Waals surface area contributed by atoms with Gasteiger partial charge in [-0.1, -0.05) is 15.9 Å². The van der Waals surface area contributed by atoms with Crippen molar-refractivity contribution in [2.24, 2.45) is 11.7 Å². The Kier molecular flexibility index (Phi) is 5.00. The van der Waals surface area contributed by atoms with Crippen molar-refractivity contribution in [3.05, 3.63) is 28.7 Å². The van der Waals surface area contributed by atoms with E-state index in [1.165, 1.54) is 0 Å². The number of halogens is 1. The van der Waals surface area contributed by atoms with Gasteiger partial charge in [0.15, 0.2) is 0 Å². The van der Waals surface area contributed by atoms with Crippen LogP contribution in [0.4, 0.5) is 0 Å². The summed E-state index contributed by atoms with van der Waals surface area (Å²) in [6.07, 6.45) is 2.89. The molecule has 1 saturated heterocycles. The van der Waals surface area contributed by atoms with Crippen LogP contribution < -0.4 is 5.73 Å². The van der Waals surface area contributed by atoms with Crippen LogP contribution in [0, 0.1) is 5.92 Å². The molecule has 1 unspecified atom stereocenters. The number of sulfonamides is 1. The predicted molar refractivity (Wildman–Crippen MR) is 79.3 cm³/mol. The Morgan fingerprint density at radius 1 is 1.32 bits per heavy atom. The molecule has 4 nitrogen and oxygen atoms in total. The fourth-order valence-corrected chi connectivity index (χ4v) is 4.29. The molecule has 1 aromatic carbocycles. The number of piperidine rings is 1. The molecule has 1 atom stereocenters. The molecule has 1 aliphatic heterocycles. The maximum Gasteiger partial charge on any atom is 0.243 e. The van der Waals surface area contributed by atoms with Gasteiger partial charge in [0.05, 0.1) is 4.90 Å². The smallest absolute Gasteiger partial charge is 0.243 e. The molecular formula is C13H19BrN2O2S. The maximum atomic E-state index is 12.5. The molecule has 1 aliphatic rings. The van der Waals surface area contributed by atoms with E-state index in [0.29, 0.717) is 30.4 Å². The molecule has 1 fully saturated rings. The van der Waals surface area contributed by atoms with Crippen LogP contribution in [0.25, 0.3) is 0 Å². The second kappa shape index (κ2) is 6.35. The average molecular weight is 347 g/mol. The Labute approximate surface area is 123 Å². The first-order chi connectivity index (χ1) is 9.04. The van der Waals surface area contributed by atoms with Crippen molar-refractivity contribution in [1.29, 1.82) is 0 Å². The second-order valence-corrected chi connectivity index (χ2v) is 7.76. The Morgan fingerprint density at radius 3 is 2.63 bits per heavy atom. The zero-order valence-electron chi connectivity index (χ0n) is 10.8. The molecule has 0 aliphatic carbocycles. The lowest BCUT2D eigenvalue weighted by Gasteiger charge is -2.31. The van der Waals surface area contributed by atoms with Gasteiger partial charge in [-0.25, -0.2) is 8.42 Å². The predicted octanol–water partition coefficient (Wildman–Crippen LogP) is 2.20. The first-order valence-electron chi connectivity index (χ1n) is 6.50. The van der Waals surface area contributed by atoms with Gasteiger partial charge in [-0.15, -0.1) is 0 Å². The lowest BCUT2D eigenvalue weighted by atomic mass is 9.96. The van der Waals surface area contributed by atoms with Gasteiger partial charge in [-0.3, -0.25) is 0 Å². The van der Waals surface area contributed by atoms with E-state index in [2.05, 4.69) is 15.9 Å². The summed E-state index contributed by atoms with van der Waals surface area (Å²) in [7, 11) is -3.36. The van der Waals surface area contributed by atoms with E-state index in [0.717, 1.165) is 23.7 Å². The van der Waals surface area contributed by atoms with Gasteiger partial charge >= 0.3 is 0 Å². The molecule has 2 N–H and O–H groups in total. The standard InChI is InChI=1S/C13H19BrN2O2S/c14-12-3-5-13(6-4-12)19(17,18)16-9-1-2-11(10-16)7-8-15/h3-6,11H,1-2,7-10,15H2. The largest absolute Gasteiger partial charge is 0.330 e. The summed E-state index contributed by atoms with van der Waals surface area (Å²) < 4.78 is 27.5. The molecule has 6 heteroatoms. The zero-order chi connectivity index (χ0) is 13.9. The highest BCUT2D eigenvalue weighted by Gasteiger charge is 2.29. The minimum absolute atomic E-state index is 0.365. The minimum Gasteiger partial charge on any atom is -0.330 e. The van der Waals surface area contributed by atoms with Crippen molar-refractivity contribution in [1.82, 2.24) is 4.31 Å². The summed E-state index contributed by atoms with van der Waals surface area (Å²) in [6.45, 7) is 1.83. The topological polar surface area (TPSA) is 63.4 Å². The summed E-state index contributed by atoms with van der Waals surface area (Å²) in [5, 5.41) is 0. The van der Waals surface area contributed by atoms with E-state index < -0.39 is 10.0 Å². The normalized spacial score (nSPS) is 21.5. The highest BCUT2D eigenvalue weighted by molar-refractivity contribution is 9.10. The van der Waals surface area contributed by atoms with Gasteiger partial charge in [0.25, 0.3) is 0 Å². The Bertz CT molecular complexity index is 514. The molecule has 0 saturated carbocycles. The monoisotopic (exact) mass is 346 g/mol. The molecule has 19 heavy (non-hydrogen) atoms. The lowest BCUT2D eigenvalue weighted by molar-refractivity contribution is 0.258. The first-order valence-corrected chi connectivity index (χ1v) is 8.73. The quantitative estimate of drug-likeness (QED) is 0.908. The van der Waals surface area contributed by atoms with Gasteiger partial charge in [0, 0.05) is 17.6 Å². The van der Waals surface area contributed by atoms with Gasteiger partial charge in [0.1, 0.15) is 0 Å². The van der Waals surface area contributed by atoms with Crippen LogP contribution in [0.3, 0.4) is 0 Å². The number of hydrogen-bond acceptors (Lipinski definition) is 3. The zero-order valence-corrected chi connectivity index (χ0v) is 13.2. The summed E-state index contributed by atoms with van der Waals surface area (Å²) in [4.78, 5) is 0.365. The summed E-state index contributed by atoms with van der Waals surface area (Å²) in [5.41, 5.74) is 5.57. The Balaban J connectivity index is 2.17. The molecule has 2 rings (SSSR count). The maximum absolute atomic E-state index is 12.5. The molecule has 1 heterocycles. The van der Waals surface area contributed by atoms with E-state index >= 15 is 0 Å². The van der Waals surface area contributed by atoms with E-state index in [9.17, 15) is 8.42 Å². The minimum atomic E-state index is -3.36. The molecule has 106 valence electrons. The van der Waals surface area contributed by atoms with Gasteiger partial charge < -0.3 is 5.73 Å². The molecule has 0 bridgehead atoms. The van der Waals surface area contributed by atoms with Crippen molar-refractivity contribution >= 4 is 26.0 Å². The summed E-state index contributed by atoms with van der Waals surface area (Å²) >= 11 is 3.32. The third-order valence-corrected chi connectivity index (χ3v) is 5.92. The molecule has 0 aromatic heterocycles. The van der Waals surface area contributed by atoms with Crippen LogP contribution in [-0.2, 0) is 10.0 Å². The first kappa shape index (κ1) is 15.0. The van der Waals surface area contributed by atoms with Crippen LogP contribution in [0.2, 0.25) is 0 Å². The molecule has 1 aromatic rings. The molecule has 0 radical (unpaired) electrons. The van der Waals surface area contributed by atoms with Crippen LogP contribution in [0.5, 0.6) is 0 Å². The van der Waals surface area contributed by atoms with Crippen molar-refractivity contribution in [2.75, 3.05) is 19.6 Å². The van der Waals surface area contributed by atoms with Crippen molar-refractivity contribution < 1.29 is 8.42 Å². The Morgan fingerprint density at radius 2 is 2.00 bits per heavy atom. The van der Waals surface area contributed by atoms with E-state index in [4.69, 9.17) is 5.73 Å². The highest BCUT2D eigenvalue weighted by Crippen LogP contribution is 2.25. The number of nitrogens with two attached hydrogens (primary N) is 1. The van der Waals surface area contributed by atoms with Crippen LogP contribution in [-0.4, -0.2) is 32.4 Å². The Hall–Kier alpha value is -0.430. The fourth-order valence-electron chi connectivity index (χ4n) is 2.47. The number of nitrogens with zero attached hydrogens (tertiary/aromatic N) is 1. The summed E-state index contributed by atoms with van der Waals surface area (Å²) in [5.74, 6) is 0.393. The number of rotatable bonds is 4. The van der Waals surface area contributed by atoms with Crippen LogP contribution in [0.15, 0.2) is 33.6 Å². The van der Waals surface area contributed by atoms with E-state index in [1.54, 1.807) is 28.6 Å². The van der Waals surface area contributed by atoms with Gasteiger partial charge in [-0.2, -0.15) is 4.31 Å². The highest BCUT2D eigenvalue weighted by atomic mass is 79.9. The molecule has 0 spiro atoms. The summed E-state index contributed by atoms with van der Waals surface area (Å²) in [6, 6.07) is 6.81. The van der Waals surface area contributed by atoms with Gasteiger partial charge in [-0.05, 0) is 56.0 Å². The van der Waals surface area contributed by atoms with Crippen LogP contribution >= 0.6 is 15.9 Å². The number of hydrogen-bond donors (Lipinski definition) is 1. The van der Waals surface area contributed by atoms with Crippen molar-refractivity contribution in [3.8, 4) is 0 Å². The lowest BCUT2D eigenvalue weighted by Crippen LogP contribution is -2.40. The second-order valence-electron chi connectivity index (χ2n) is 4.90. The van der Waals surface area contributed by atoms with E-state index in [1.807, 2.05) is 0 Å². The van der Waals surface area contributed by atoms with Gasteiger partial charge in [0.2, 0.25) is 10.0 Å². The number of benzene rings is 1. The van der Waals surface area contributed by atoms with Crippen molar-refractivity contribution in [3.63, 3.8) is 0 Å². The fraction of sp³-hybridized carbons (Fsp3) is 0.538. The third kappa shape index (κ3) is 3.56.